The highest BCUT2D eigenvalue weighted by atomic mass is 32.1. The van der Waals surface area contributed by atoms with E-state index in [4.69, 9.17) is 5.11 Å². The van der Waals surface area contributed by atoms with Crippen LogP contribution in [0.4, 0.5) is 5.69 Å². The molecule has 0 atom stereocenters. The summed E-state index contributed by atoms with van der Waals surface area (Å²) in [6.45, 7) is 1.96. The molecule has 1 aromatic heterocycles. The normalized spacial score (nSPS) is 9.70. The molecule has 1 amide bonds. The number of carbonyl (C=O) groups excluding carboxylic acids is 1. The Bertz CT molecular complexity index is 657. The highest BCUT2D eigenvalue weighted by Crippen LogP contribution is 2.18. The summed E-state index contributed by atoms with van der Waals surface area (Å²) in [7, 11) is 0. The molecule has 0 aliphatic rings. The van der Waals surface area contributed by atoms with Gasteiger partial charge in [0.15, 0.2) is 0 Å². The standard InChI is InChI=1S/C14H13N3O2S/c1-10-5-6-11(4-2-3-7-18)12(8-10)16-14(19)13-9-15-17-20-13/h5-6,8-9,18H,3,7H2,1H3,(H,16,19). The molecule has 1 heterocycles. The van der Waals surface area contributed by atoms with E-state index in [0.717, 1.165) is 22.7 Å². The van der Waals surface area contributed by atoms with E-state index in [2.05, 4.69) is 26.7 Å². The highest BCUT2D eigenvalue weighted by Gasteiger charge is 2.10. The van der Waals surface area contributed by atoms with E-state index in [0.29, 0.717) is 17.0 Å². The van der Waals surface area contributed by atoms with Crippen LogP contribution in [0, 0.1) is 18.8 Å². The molecule has 6 heteroatoms. The first-order chi connectivity index (χ1) is 9.70. The second-order valence-electron chi connectivity index (χ2n) is 4.06. The van der Waals surface area contributed by atoms with Crippen molar-refractivity contribution in [3.8, 4) is 11.8 Å². The number of amides is 1. The number of nitrogens with one attached hydrogen (secondary N) is 1. The molecule has 20 heavy (non-hydrogen) atoms. The van der Waals surface area contributed by atoms with Crippen molar-refractivity contribution in [2.45, 2.75) is 13.3 Å². The molecule has 5 nitrogen and oxygen atoms in total. The molecule has 1 aromatic carbocycles. The highest BCUT2D eigenvalue weighted by molar-refractivity contribution is 7.07. The van der Waals surface area contributed by atoms with Gasteiger partial charge in [-0.25, -0.2) is 0 Å². The molecule has 0 saturated carbocycles. The van der Waals surface area contributed by atoms with Crippen LogP contribution in [-0.2, 0) is 0 Å². The number of carbonyl (C=O) groups is 1. The molecule has 0 aliphatic carbocycles. The zero-order chi connectivity index (χ0) is 14.4. The van der Waals surface area contributed by atoms with Gasteiger partial charge in [-0.3, -0.25) is 4.79 Å². The van der Waals surface area contributed by atoms with Crippen LogP contribution < -0.4 is 5.32 Å². The van der Waals surface area contributed by atoms with Gasteiger partial charge in [0.2, 0.25) is 0 Å². The lowest BCUT2D eigenvalue weighted by Crippen LogP contribution is -2.11. The number of aryl methyl sites for hydroxylation is 1. The Hall–Kier alpha value is -2.23. The maximum absolute atomic E-state index is 12.0. The maximum Gasteiger partial charge on any atom is 0.269 e. The van der Waals surface area contributed by atoms with E-state index in [9.17, 15) is 4.79 Å². The molecule has 0 saturated heterocycles. The van der Waals surface area contributed by atoms with Crippen LogP contribution in [0.1, 0.15) is 27.2 Å². The first kappa shape index (κ1) is 14.2. The fourth-order valence-electron chi connectivity index (χ4n) is 1.54. The zero-order valence-corrected chi connectivity index (χ0v) is 11.7. The van der Waals surface area contributed by atoms with E-state index >= 15 is 0 Å². The Morgan fingerprint density at radius 1 is 1.50 bits per heavy atom. The van der Waals surface area contributed by atoms with E-state index in [1.165, 1.54) is 6.20 Å². The van der Waals surface area contributed by atoms with Gasteiger partial charge in [-0.2, -0.15) is 0 Å². The smallest absolute Gasteiger partial charge is 0.269 e. The van der Waals surface area contributed by atoms with Gasteiger partial charge in [-0.15, -0.1) is 5.10 Å². The lowest BCUT2D eigenvalue weighted by atomic mass is 10.1. The molecule has 2 rings (SSSR count). The SMILES string of the molecule is Cc1ccc(C#CCCO)c(NC(=O)c2cnns2)c1. The van der Waals surface area contributed by atoms with Crippen LogP contribution in [0.3, 0.4) is 0 Å². The van der Waals surface area contributed by atoms with E-state index < -0.39 is 0 Å². The number of nitrogens with zero attached hydrogens (tertiary/aromatic N) is 2. The monoisotopic (exact) mass is 287 g/mol. The summed E-state index contributed by atoms with van der Waals surface area (Å²) in [4.78, 5) is 12.4. The van der Waals surface area contributed by atoms with Crippen LogP contribution in [0.25, 0.3) is 0 Å². The van der Waals surface area contributed by atoms with Gasteiger partial charge in [0, 0.05) is 12.0 Å². The van der Waals surface area contributed by atoms with Crippen molar-refractivity contribution in [1.82, 2.24) is 9.59 Å². The van der Waals surface area contributed by atoms with Gasteiger partial charge in [0.05, 0.1) is 18.5 Å². The molecular weight excluding hydrogens is 274 g/mol. The van der Waals surface area contributed by atoms with Gasteiger partial charge in [0.25, 0.3) is 5.91 Å². The summed E-state index contributed by atoms with van der Waals surface area (Å²) in [5.74, 6) is 5.53. The summed E-state index contributed by atoms with van der Waals surface area (Å²) < 4.78 is 3.66. The molecule has 0 unspecified atom stereocenters. The van der Waals surface area contributed by atoms with Crippen LogP contribution in [0.5, 0.6) is 0 Å². The van der Waals surface area contributed by atoms with Crippen molar-refractivity contribution in [1.29, 1.82) is 0 Å². The summed E-state index contributed by atoms with van der Waals surface area (Å²) >= 11 is 1.04. The average Bonchev–Trinajstić information content (AvgIpc) is 2.95. The lowest BCUT2D eigenvalue weighted by molar-refractivity contribution is 0.103. The molecule has 0 radical (unpaired) electrons. The number of hydrogen-bond acceptors (Lipinski definition) is 5. The Kier molecular flexibility index (Phi) is 4.82. The van der Waals surface area contributed by atoms with Crippen LogP contribution in [0.2, 0.25) is 0 Å². The van der Waals surface area contributed by atoms with Crippen molar-refractivity contribution in [2.75, 3.05) is 11.9 Å². The van der Waals surface area contributed by atoms with Crippen LogP contribution in [-0.4, -0.2) is 27.2 Å². The summed E-state index contributed by atoms with van der Waals surface area (Å²) in [5.41, 5.74) is 2.39. The quantitative estimate of drug-likeness (QED) is 0.845. The summed E-state index contributed by atoms with van der Waals surface area (Å²) in [6, 6.07) is 5.63. The lowest BCUT2D eigenvalue weighted by Gasteiger charge is -2.07. The third-order valence-electron chi connectivity index (χ3n) is 2.47. The average molecular weight is 287 g/mol. The zero-order valence-electron chi connectivity index (χ0n) is 10.9. The van der Waals surface area contributed by atoms with E-state index in [1.54, 1.807) is 0 Å². The minimum Gasteiger partial charge on any atom is -0.395 e. The molecule has 2 aromatic rings. The predicted octanol–water partition coefficient (Wildman–Crippen LogP) is 1.83. The van der Waals surface area contributed by atoms with Crippen LogP contribution >= 0.6 is 11.5 Å². The maximum atomic E-state index is 12.0. The van der Waals surface area contributed by atoms with E-state index in [-0.39, 0.29) is 12.5 Å². The third-order valence-corrected chi connectivity index (χ3v) is 3.13. The van der Waals surface area contributed by atoms with Crippen molar-refractivity contribution in [3.05, 3.63) is 40.4 Å². The molecule has 102 valence electrons. The first-order valence-electron chi connectivity index (χ1n) is 6.00. The molecular formula is C14H13N3O2S. The minimum atomic E-state index is -0.254. The largest absolute Gasteiger partial charge is 0.395 e. The predicted molar refractivity (Wildman–Crippen MR) is 77.6 cm³/mol. The molecule has 0 fully saturated rings. The van der Waals surface area contributed by atoms with Gasteiger partial charge in [-0.1, -0.05) is 22.4 Å². The number of aliphatic hydroxyl groups excluding tert-OH is 1. The van der Waals surface area contributed by atoms with Crippen molar-refractivity contribution >= 4 is 23.1 Å². The first-order valence-corrected chi connectivity index (χ1v) is 6.77. The molecule has 2 N–H and O–H groups in total. The second kappa shape index (κ2) is 6.80. The second-order valence-corrected chi connectivity index (χ2v) is 4.85. The number of benzene rings is 1. The topological polar surface area (TPSA) is 75.1 Å². The number of anilines is 1. The molecule has 0 spiro atoms. The Morgan fingerprint density at radius 3 is 3.05 bits per heavy atom. The Balaban J connectivity index is 2.24. The van der Waals surface area contributed by atoms with Gasteiger partial charge in [-0.05, 0) is 36.2 Å². The van der Waals surface area contributed by atoms with E-state index in [1.807, 2.05) is 25.1 Å². The summed E-state index contributed by atoms with van der Waals surface area (Å²) in [6.07, 6.45) is 1.83. The fourth-order valence-corrected chi connectivity index (χ4v) is 1.95. The minimum absolute atomic E-state index is 0.0209. The third kappa shape index (κ3) is 3.63. The Morgan fingerprint density at radius 2 is 2.35 bits per heavy atom. The summed E-state index contributed by atoms with van der Waals surface area (Å²) in [5, 5.41) is 15.2. The number of aromatic nitrogens is 2. The van der Waals surface area contributed by atoms with Gasteiger partial charge < -0.3 is 10.4 Å². The Labute approximate surface area is 120 Å². The number of aliphatic hydroxyl groups is 1. The van der Waals surface area contributed by atoms with Crippen molar-refractivity contribution in [3.63, 3.8) is 0 Å². The van der Waals surface area contributed by atoms with Gasteiger partial charge in [0.1, 0.15) is 4.88 Å². The van der Waals surface area contributed by atoms with Crippen molar-refractivity contribution in [2.24, 2.45) is 0 Å². The molecule has 0 bridgehead atoms. The van der Waals surface area contributed by atoms with Crippen LogP contribution in [0.15, 0.2) is 24.4 Å². The fraction of sp³-hybridized carbons (Fsp3) is 0.214. The molecule has 0 aliphatic heterocycles. The van der Waals surface area contributed by atoms with Crippen molar-refractivity contribution < 1.29 is 9.90 Å². The number of hydrogen-bond donors (Lipinski definition) is 2. The number of rotatable bonds is 3. The van der Waals surface area contributed by atoms with Gasteiger partial charge >= 0.3 is 0 Å².